The lowest BCUT2D eigenvalue weighted by Crippen LogP contribution is -2.49. The summed E-state index contributed by atoms with van der Waals surface area (Å²) in [6, 6.07) is -0.689. The zero-order valence-electron chi connectivity index (χ0n) is 12.0. The van der Waals surface area contributed by atoms with Gasteiger partial charge in [-0.05, 0) is 44.9 Å². The third-order valence-corrected chi connectivity index (χ3v) is 4.39. The number of nitrogens with zero attached hydrogens (tertiary/aromatic N) is 4. The van der Waals surface area contributed by atoms with Gasteiger partial charge in [0.1, 0.15) is 12.6 Å². The number of aliphatic carboxylic acids is 1. The van der Waals surface area contributed by atoms with Crippen LogP contribution in [0, 0.1) is 0 Å². The molecule has 1 N–H and O–H groups in total. The lowest BCUT2D eigenvalue weighted by atomic mass is 10.0. The maximum Gasteiger partial charge on any atom is 0.326 e. The molecule has 1 amide bonds. The number of hydrogen-bond donors (Lipinski definition) is 1. The molecule has 3 rings (SSSR count). The third-order valence-electron chi connectivity index (χ3n) is 4.39. The minimum atomic E-state index is -0.913. The van der Waals surface area contributed by atoms with Crippen LogP contribution in [0.4, 0.5) is 0 Å². The number of aryl methyl sites for hydroxylation is 1. The van der Waals surface area contributed by atoms with Crippen LogP contribution in [0.25, 0.3) is 0 Å². The smallest absolute Gasteiger partial charge is 0.326 e. The van der Waals surface area contributed by atoms with Crippen molar-refractivity contribution in [3.63, 3.8) is 0 Å². The molecular weight excluding hydrogens is 272 g/mol. The van der Waals surface area contributed by atoms with Crippen LogP contribution in [0.1, 0.15) is 43.5 Å². The van der Waals surface area contributed by atoms with Crippen molar-refractivity contribution < 1.29 is 14.7 Å². The van der Waals surface area contributed by atoms with E-state index in [1.54, 1.807) is 4.68 Å². The van der Waals surface area contributed by atoms with Crippen LogP contribution in [0.5, 0.6) is 0 Å². The van der Waals surface area contributed by atoms with Crippen molar-refractivity contribution in [2.75, 3.05) is 6.54 Å². The van der Waals surface area contributed by atoms with Gasteiger partial charge in [-0.15, -0.1) is 5.10 Å². The standard InChI is InChI=1S/C14H20N4O3/c19-13(17-8-4-3-7-12(17)14(20)21)9-18-11-6-2-1-5-10(11)15-16-18/h12H,1-9H2,(H,20,21). The minimum Gasteiger partial charge on any atom is -0.480 e. The molecule has 0 spiro atoms. The summed E-state index contributed by atoms with van der Waals surface area (Å²) >= 11 is 0. The number of carbonyl (C=O) groups is 2. The molecule has 0 aromatic carbocycles. The zero-order chi connectivity index (χ0) is 14.8. The molecule has 1 aliphatic heterocycles. The molecule has 2 heterocycles. The van der Waals surface area contributed by atoms with Gasteiger partial charge in [0.05, 0.1) is 11.4 Å². The molecule has 1 fully saturated rings. The van der Waals surface area contributed by atoms with E-state index in [1.165, 1.54) is 4.90 Å². The molecule has 21 heavy (non-hydrogen) atoms. The van der Waals surface area contributed by atoms with Gasteiger partial charge in [0, 0.05) is 6.54 Å². The first-order valence-electron chi connectivity index (χ1n) is 7.60. The summed E-state index contributed by atoms with van der Waals surface area (Å²) in [5.41, 5.74) is 2.03. The molecule has 114 valence electrons. The van der Waals surface area contributed by atoms with E-state index >= 15 is 0 Å². The van der Waals surface area contributed by atoms with Crippen LogP contribution in [0.15, 0.2) is 0 Å². The molecule has 1 unspecified atom stereocenters. The highest BCUT2D eigenvalue weighted by Gasteiger charge is 2.32. The second kappa shape index (κ2) is 5.83. The first-order chi connectivity index (χ1) is 10.2. The highest BCUT2D eigenvalue weighted by Crippen LogP contribution is 2.20. The summed E-state index contributed by atoms with van der Waals surface area (Å²) in [7, 11) is 0. The number of piperidine rings is 1. The molecular formula is C14H20N4O3. The third kappa shape index (κ3) is 2.77. The molecule has 1 atom stereocenters. The molecule has 1 aromatic rings. The highest BCUT2D eigenvalue weighted by atomic mass is 16.4. The molecule has 7 nitrogen and oxygen atoms in total. The SMILES string of the molecule is O=C(O)C1CCCCN1C(=O)Cn1nnc2c1CCCC2. The number of rotatable bonds is 3. The van der Waals surface area contributed by atoms with E-state index in [9.17, 15) is 14.7 Å². The van der Waals surface area contributed by atoms with Crippen molar-refractivity contribution in [3.8, 4) is 0 Å². The van der Waals surface area contributed by atoms with Crippen molar-refractivity contribution in [1.82, 2.24) is 19.9 Å². The van der Waals surface area contributed by atoms with Gasteiger partial charge in [-0.2, -0.15) is 0 Å². The largest absolute Gasteiger partial charge is 0.480 e. The summed E-state index contributed by atoms with van der Waals surface area (Å²) in [5, 5.41) is 17.5. The maximum atomic E-state index is 12.4. The second-order valence-corrected chi connectivity index (χ2v) is 5.78. The summed E-state index contributed by atoms with van der Waals surface area (Å²) < 4.78 is 1.66. The number of carboxylic acids is 1. The van der Waals surface area contributed by atoms with Gasteiger partial charge in [0.25, 0.3) is 0 Å². The Kier molecular flexibility index (Phi) is 3.90. The van der Waals surface area contributed by atoms with Gasteiger partial charge in [-0.1, -0.05) is 5.21 Å². The number of likely N-dealkylation sites (tertiary alicyclic amines) is 1. The second-order valence-electron chi connectivity index (χ2n) is 5.78. The van der Waals surface area contributed by atoms with Gasteiger partial charge in [0.2, 0.25) is 5.91 Å². The minimum absolute atomic E-state index is 0.103. The van der Waals surface area contributed by atoms with Crippen molar-refractivity contribution in [2.45, 2.75) is 57.5 Å². The predicted octanol–water partition coefficient (Wildman–Crippen LogP) is 0.623. The Balaban J connectivity index is 1.73. The lowest BCUT2D eigenvalue weighted by molar-refractivity contribution is -0.152. The van der Waals surface area contributed by atoms with E-state index in [4.69, 9.17) is 0 Å². The van der Waals surface area contributed by atoms with Gasteiger partial charge in [0.15, 0.2) is 0 Å². The van der Waals surface area contributed by atoms with Crippen LogP contribution in [0.2, 0.25) is 0 Å². The zero-order valence-corrected chi connectivity index (χ0v) is 12.0. The fourth-order valence-electron chi connectivity index (χ4n) is 3.25. The summed E-state index contributed by atoms with van der Waals surface area (Å²) in [4.78, 5) is 25.2. The summed E-state index contributed by atoms with van der Waals surface area (Å²) in [6.45, 7) is 0.624. The van der Waals surface area contributed by atoms with Crippen molar-refractivity contribution in [3.05, 3.63) is 11.4 Å². The predicted molar refractivity (Wildman–Crippen MR) is 73.7 cm³/mol. The van der Waals surface area contributed by atoms with Crippen molar-refractivity contribution in [2.24, 2.45) is 0 Å². The molecule has 1 aromatic heterocycles. The summed E-state index contributed by atoms with van der Waals surface area (Å²) in [6.07, 6.45) is 6.30. The molecule has 0 bridgehead atoms. The van der Waals surface area contributed by atoms with Crippen LogP contribution >= 0.6 is 0 Å². The molecule has 1 aliphatic carbocycles. The van der Waals surface area contributed by atoms with E-state index in [-0.39, 0.29) is 12.5 Å². The fourth-order valence-corrected chi connectivity index (χ4v) is 3.25. The number of fused-ring (bicyclic) bond motifs is 1. The Morgan fingerprint density at radius 3 is 2.81 bits per heavy atom. The van der Waals surface area contributed by atoms with Gasteiger partial charge in [-0.3, -0.25) is 4.79 Å². The quantitative estimate of drug-likeness (QED) is 0.882. The van der Waals surface area contributed by atoms with Crippen LogP contribution in [-0.4, -0.2) is 49.5 Å². The van der Waals surface area contributed by atoms with Crippen molar-refractivity contribution in [1.29, 1.82) is 0 Å². The highest BCUT2D eigenvalue weighted by molar-refractivity contribution is 5.83. The number of carbonyl (C=O) groups excluding carboxylic acids is 1. The number of hydrogen-bond acceptors (Lipinski definition) is 4. The molecule has 0 radical (unpaired) electrons. The van der Waals surface area contributed by atoms with E-state index < -0.39 is 12.0 Å². The first-order valence-corrected chi connectivity index (χ1v) is 7.60. The van der Waals surface area contributed by atoms with Gasteiger partial charge >= 0.3 is 5.97 Å². The average molecular weight is 292 g/mol. The first kappa shape index (κ1) is 14.0. The van der Waals surface area contributed by atoms with E-state index in [1.807, 2.05) is 0 Å². The van der Waals surface area contributed by atoms with Gasteiger partial charge < -0.3 is 10.0 Å². The molecule has 7 heteroatoms. The Morgan fingerprint density at radius 1 is 1.19 bits per heavy atom. The van der Waals surface area contributed by atoms with E-state index in [0.29, 0.717) is 13.0 Å². The fraction of sp³-hybridized carbons (Fsp3) is 0.714. The Bertz CT molecular complexity index is 554. The molecule has 1 saturated heterocycles. The van der Waals surface area contributed by atoms with Crippen molar-refractivity contribution >= 4 is 11.9 Å². The number of aromatic nitrogens is 3. The average Bonchev–Trinajstić information content (AvgIpc) is 2.90. The number of carboxylic acid groups (broad SMARTS) is 1. The molecule has 0 saturated carbocycles. The van der Waals surface area contributed by atoms with Gasteiger partial charge in [-0.25, -0.2) is 9.48 Å². The molecule has 2 aliphatic rings. The monoisotopic (exact) mass is 292 g/mol. The Labute approximate surface area is 122 Å². The topological polar surface area (TPSA) is 88.3 Å². The normalized spacial score (nSPS) is 21.9. The van der Waals surface area contributed by atoms with E-state index in [2.05, 4.69) is 10.3 Å². The van der Waals surface area contributed by atoms with E-state index in [0.717, 1.165) is 49.9 Å². The lowest BCUT2D eigenvalue weighted by Gasteiger charge is -2.33. The van der Waals surface area contributed by atoms with Crippen LogP contribution in [-0.2, 0) is 29.0 Å². The Hall–Kier alpha value is -1.92. The van der Waals surface area contributed by atoms with Crippen LogP contribution < -0.4 is 0 Å². The maximum absolute atomic E-state index is 12.4. The summed E-state index contributed by atoms with van der Waals surface area (Å²) in [5.74, 6) is -1.08. The van der Waals surface area contributed by atoms with Crippen LogP contribution in [0.3, 0.4) is 0 Å². The number of amides is 1. The Morgan fingerprint density at radius 2 is 2.00 bits per heavy atom.